The molecule has 2 aliphatic rings. The Morgan fingerprint density at radius 3 is 2.48 bits per heavy atom. The average Bonchev–Trinajstić information content (AvgIpc) is 3.12. The molecule has 0 amide bonds. The summed E-state index contributed by atoms with van der Waals surface area (Å²) in [5.74, 6) is 0.912. The van der Waals surface area contributed by atoms with Crippen molar-refractivity contribution in [2.45, 2.75) is 76.7 Å². The molecule has 0 unspecified atom stereocenters. The molecule has 1 saturated carbocycles. The van der Waals surface area contributed by atoms with Crippen LogP contribution in [-0.2, 0) is 11.8 Å². The minimum atomic E-state index is -0.542. The van der Waals surface area contributed by atoms with Crippen LogP contribution in [0.3, 0.4) is 0 Å². The SMILES string of the molecule is CC(C)(C)c1csc(CC2(O)CCN(CC3CCCC3)CC2)n1. The molecule has 4 heteroatoms. The van der Waals surface area contributed by atoms with Gasteiger partial charge in [-0.05, 0) is 31.6 Å². The van der Waals surface area contributed by atoms with Gasteiger partial charge in [-0.15, -0.1) is 11.3 Å². The van der Waals surface area contributed by atoms with Gasteiger partial charge in [0.1, 0.15) is 0 Å². The maximum Gasteiger partial charge on any atom is 0.0957 e. The largest absolute Gasteiger partial charge is 0.389 e. The number of hydrogen-bond donors (Lipinski definition) is 1. The van der Waals surface area contributed by atoms with Gasteiger partial charge < -0.3 is 10.0 Å². The van der Waals surface area contributed by atoms with Crippen molar-refractivity contribution in [1.29, 1.82) is 0 Å². The second-order valence-electron chi connectivity index (χ2n) is 8.73. The van der Waals surface area contributed by atoms with E-state index in [1.165, 1.54) is 32.2 Å². The Kier molecular flexibility index (Phi) is 5.15. The maximum absolute atomic E-state index is 11.0. The summed E-state index contributed by atoms with van der Waals surface area (Å²) < 4.78 is 0. The van der Waals surface area contributed by atoms with Crippen molar-refractivity contribution >= 4 is 11.3 Å². The first-order chi connectivity index (χ1) is 10.8. The van der Waals surface area contributed by atoms with Gasteiger partial charge in [-0.1, -0.05) is 33.6 Å². The first-order valence-electron chi connectivity index (χ1n) is 9.24. The first-order valence-corrected chi connectivity index (χ1v) is 10.1. The van der Waals surface area contributed by atoms with E-state index < -0.39 is 5.60 Å². The van der Waals surface area contributed by atoms with Gasteiger partial charge in [0.25, 0.3) is 0 Å². The maximum atomic E-state index is 11.0. The van der Waals surface area contributed by atoms with E-state index in [0.29, 0.717) is 0 Å². The summed E-state index contributed by atoms with van der Waals surface area (Å²) in [6, 6.07) is 0. The molecule has 3 nitrogen and oxygen atoms in total. The van der Waals surface area contributed by atoms with Gasteiger partial charge >= 0.3 is 0 Å². The Balaban J connectivity index is 1.51. The summed E-state index contributed by atoms with van der Waals surface area (Å²) in [5, 5.41) is 14.2. The minimum absolute atomic E-state index is 0.0992. The van der Waals surface area contributed by atoms with Crippen LogP contribution in [0.15, 0.2) is 5.38 Å². The van der Waals surface area contributed by atoms with E-state index >= 15 is 0 Å². The topological polar surface area (TPSA) is 36.4 Å². The van der Waals surface area contributed by atoms with Gasteiger partial charge in [0, 0.05) is 36.9 Å². The standard InChI is InChI=1S/C19H32N2OS/c1-18(2,3)16-14-23-17(20-16)12-19(22)8-10-21(11-9-19)13-15-6-4-5-7-15/h14-15,22H,4-13H2,1-3H3. The van der Waals surface area contributed by atoms with E-state index in [0.717, 1.165) is 49.0 Å². The summed E-state index contributed by atoms with van der Waals surface area (Å²) in [4.78, 5) is 7.34. The molecular formula is C19H32N2OS. The highest BCUT2D eigenvalue weighted by Gasteiger charge is 2.34. The van der Waals surface area contributed by atoms with E-state index in [1.54, 1.807) is 11.3 Å². The van der Waals surface area contributed by atoms with E-state index in [9.17, 15) is 5.11 Å². The molecule has 1 aromatic heterocycles. The van der Waals surface area contributed by atoms with Crippen molar-refractivity contribution < 1.29 is 5.11 Å². The number of thiazole rings is 1. The number of likely N-dealkylation sites (tertiary alicyclic amines) is 1. The second kappa shape index (κ2) is 6.81. The lowest BCUT2D eigenvalue weighted by Gasteiger charge is -2.38. The quantitative estimate of drug-likeness (QED) is 0.903. The lowest BCUT2D eigenvalue weighted by atomic mass is 9.88. The number of rotatable bonds is 4. The molecule has 0 aromatic carbocycles. The zero-order chi connectivity index (χ0) is 16.5. The molecule has 3 rings (SSSR count). The molecule has 1 aliphatic carbocycles. The lowest BCUT2D eigenvalue weighted by molar-refractivity contribution is -0.0234. The predicted octanol–water partition coefficient (Wildman–Crippen LogP) is 4.00. The highest BCUT2D eigenvalue weighted by Crippen LogP contribution is 2.32. The van der Waals surface area contributed by atoms with Crippen LogP contribution >= 0.6 is 11.3 Å². The van der Waals surface area contributed by atoms with Crippen LogP contribution in [0, 0.1) is 5.92 Å². The Labute approximate surface area is 145 Å². The number of hydrogen-bond acceptors (Lipinski definition) is 4. The summed E-state index contributed by atoms with van der Waals surface area (Å²) in [7, 11) is 0. The molecule has 0 spiro atoms. The van der Waals surface area contributed by atoms with Crippen molar-refractivity contribution in [3.8, 4) is 0 Å². The Bertz CT molecular complexity index is 506. The van der Waals surface area contributed by atoms with E-state index in [2.05, 4.69) is 31.1 Å². The first kappa shape index (κ1) is 17.4. The van der Waals surface area contributed by atoms with Gasteiger partial charge in [0.05, 0.1) is 16.3 Å². The molecule has 0 atom stereocenters. The predicted molar refractivity (Wildman–Crippen MR) is 97.1 cm³/mol. The average molecular weight is 337 g/mol. The normalized spacial score (nSPS) is 23.5. The van der Waals surface area contributed by atoms with E-state index in [1.807, 2.05) is 0 Å². The lowest BCUT2D eigenvalue weighted by Crippen LogP contribution is -2.46. The molecule has 1 saturated heterocycles. The monoisotopic (exact) mass is 336 g/mol. The van der Waals surface area contributed by atoms with Crippen LogP contribution in [-0.4, -0.2) is 40.2 Å². The third-order valence-corrected chi connectivity index (χ3v) is 6.43. The van der Waals surface area contributed by atoms with E-state index in [-0.39, 0.29) is 5.41 Å². The molecule has 1 aliphatic heterocycles. The van der Waals surface area contributed by atoms with Crippen LogP contribution in [0.25, 0.3) is 0 Å². The molecule has 2 fully saturated rings. The van der Waals surface area contributed by atoms with Gasteiger partial charge in [0.2, 0.25) is 0 Å². The van der Waals surface area contributed by atoms with E-state index in [4.69, 9.17) is 4.98 Å². The Morgan fingerprint density at radius 2 is 1.91 bits per heavy atom. The van der Waals surface area contributed by atoms with Crippen LogP contribution in [0.2, 0.25) is 0 Å². The fraction of sp³-hybridized carbons (Fsp3) is 0.842. The molecule has 0 radical (unpaired) electrons. The molecule has 0 bridgehead atoms. The summed E-state index contributed by atoms with van der Waals surface area (Å²) in [6.45, 7) is 9.93. The zero-order valence-electron chi connectivity index (χ0n) is 15.0. The Morgan fingerprint density at radius 1 is 1.26 bits per heavy atom. The fourth-order valence-electron chi connectivity index (χ4n) is 3.90. The summed E-state index contributed by atoms with van der Waals surface area (Å²) >= 11 is 1.71. The minimum Gasteiger partial charge on any atom is -0.389 e. The molecule has 1 N–H and O–H groups in total. The van der Waals surface area contributed by atoms with Crippen molar-refractivity contribution in [3.05, 3.63) is 16.1 Å². The molecule has 1 aromatic rings. The summed E-state index contributed by atoms with van der Waals surface area (Å²) in [5.41, 5.74) is 0.709. The second-order valence-corrected chi connectivity index (χ2v) is 9.67. The third-order valence-electron chi connectivity index (χ3n) is 5.58. The third kappa shape index (κ3) is 4.55. The smallest absolute Gasteiger partial charge is 0.0957 e. The van der Waals surface area contributed by atoms with Crippen molar-refractivity contribution in [3.63, 3.8) is 0 Å². The van der Waals surface area contributed by atoms with Gasteiger partial charge in [-0.3, -0.25) is 0 Å². The highest BCUT2D eigenvalue weighted by atomic mass is 32.1. The van der Waals surface area contributed by atoms with Gasteiger partial charge in [0.15, 0.2) is 0 Å². The van der Waals surface area contributed by atoms with Gasteiger partial charge in [-0.2, -0.15) is 0 Å². The van der Waals surface area contributed by atoms with Gasteiger partial charge in [-0.25, -0.2) is 4.98 Å². The Hall–Kier alpha value is -0.450. The number of aliphatic hydroxyl groups is 1. The fourth-order valence-corrected chi connectivity index (χ4v) is 5.06. The summed E-state index contributed by atoms with van der Waals surface area (Å²) in [6.07, 6.45) is 8.18. The number of aromatic nitrogens is 1. The van der Waals surface area contributed by atoms with Crippen molar-refractivity contribution in [2.75, 3.05) is 19.6 Å². The molecule has 130 valence electrons. The van der Waals surface area contributed by atoms with Crippen molar-refractivity contribution in [2.24, 2.45) is 5.92 Å². The highest BCUT2D eigenvalue weighted by molar-refractivity contribution is 7.09. The number of nitrogens with zero attached hydrogens (tertiary/aromatic N) is 2. The zero-order valence-corrected chi connectivity index (χ0v) is 15.8. The number of piperidine rings is 1. The molecule has 23 heavy (non-hydrogen) atoms. The molecular weight excluding hydrogens is 304 g/mol. The molecule has 2 heterocycles. The van der Waals surface area contributed by atoms with Crippen LogP contribution in [0.5, 0.6) is 0 Å². The van der Waals surface area contributed by atoms with Crippen LogP contribution in [0.1, 0.15) is 70.0 Å². The van der Waals surface area contributed by atoms with Crippen LogP contribution in [0.4, 0.5) is 0 Å². The van der Waals surface area contributed by atoms with Crippen molar-refractivity contribution in [1.82, 2.24) is 9.88 Å². The van der Waals surface area contributed by atoms with Crippen LogP contribution < -0.4 is 0 Å².